The fraction of sp³-hybridized carbons (Fsp3) is 0.179. The third-order valence-electron chi connectivity index (χ3n) is 6.14. The highest BCUT2D eigenvalue weighted by Gasteiger charge is 2.23. The second-order valence-electron chi connectivity index (χ2n) is 8.61. The number of aromatic amines is 1. The summed E-state index contributed by atoms with van der Waals surface area (Å²) in [4.78, 5) is 12.4. The number of carbonyl (C=O) groups is 1. The van der Waals surface area contributed by atoms with Gasteiger partial charge in [0.05, 0.1) is 11.4 Å². The molecule has 2 aromatic heterocycles. The molecule has 180 valence electrons. The summed E-state index contributed by atoms with van der Waals surface area (Å²) in [6.07, 6.45) is 1.83. The summed E-state index contributed by atoms with van der Waals surface area (Å²) in [7, 11) is 0. The van der Waals surface area contributed by atoms with Gasteiger partial charge in [-0.25, -0.2) is 4.79 Å². The Morgan fingerprint density at radius 1 is 0.889 bits per heavy atom. The molecule has 36 heavy (non-hydrogen) atoms. The largest absolute Gasteiger partial charge is 0.478 e. The van der Waals surface area contributed by atoms with Crippen LogP contribution in [0.2, 0.25) is 0 Å². The molecule has 5 rings (SSSR count). The minimum Gasteiger partial charge on any atom is -0.478 e. The fourth-order valence-electron chi connectivity index (χ4n) is 4.49. The lowest BCUT2D eigenvalue weighted by molar-refractivity contribution is 0.0694. The van der Waals surface area contributed by atoms with Crippen LogP contribution in [0.4, 0.5) is 0 Å². The van der Waals surface area contributed by atoms with Gasteiger partial charge in [-0.2, -0.15) is 10.3 Å². The Kier molecular flexibility index (Phi) is 6.66. The number of aromatic carboxylic acids is 1. The van der Waals surface area contributed by atoms with E-state index in [4.69, 9.17) is 5.10 Å². The van der Waals surface area contributed by atoms with E-state index in [1.807, 2.05) is 83.5 Å². The smallest absolute Gasteiger partial charge is 0.339 e. The van der Waals surface area contributed by atoms with Gasteiger partial charge in [0, 0.05) is 24.9 Å². The Balaban J connectivity index is 1.47. The third kappa shape index (κ3) is 4.79. The van der Waals surface area contributed by atoms with E-state index in [1.54, 1.807) is 0 Å². The number of aromatic nitrogens is 6. The van der Waals surface area contributed by atoms with Crippen molar-refractivity contribution in [3.05, 3.63) is 107 Å². The highest BCUT2D eigenvalue weighted by Crippen LogP contribution is 2.30. The lowest BCUT2D eigenvalue weighted by Crippen LogP contribution is -2.09. The molecule has 0 saturated heterocycles. The number of nitrogens with zero attached hydrogens (tertiary/aromatic N) is 5. The van der Waals surface area contributed by atoms with Crippen molar-refractivity contribution in [3.8, 4) is 22.5 Å². The zero-order valence-electron chi connectivity index (χ0n) is 19.9. The van der Waals surface area contributed by atoms with Crippen LogP contribution in [0.25, 0.3) is 22.5 Å². The van der Waals surface area contributed by atoms with Gasteiger partial charge < -0.3 is 5.11 Å². The molecule has 2 heterocycles. The van der Waals surface area contributed by atoms with Crippen molar-refractivity contribution in [1.29, 1.82) is 0 Å². The molecule has 8 heteroatoms. The average molecular weight is 479 g/mol. The summed E-state index contributed by atoms with van der Waals surface area (Å²) >= 11 is 0. The molecule has 0 radical (unpaired) electrons. The molecule has 0 saturated carbocycles. The molecule has 0 spiro atoms. The Hall–Kier alpha value is -4.59. The van der Waals surface area contributed by atoms with Crippen molar-refractivity contribution < 1.29 is 9.90 Å². The van der Waals surface area contributed by atoms with Gasteiger partial charge >= 0.3 is 5.97 Å². The molecule has 0 aliphatic rings. The van der Waals surface area contributed by atoms with E-state index < -0.39 is 5.97 Å². The van der Waals surface area contributed by atoms with Crippen molar-refractivity contribution in [2.24, 2.45) is 0 Å². The van der Waals surface area contributed by atoms with E-state index in [0.717, 1.165) is 39.9 Å². The van der Waals surface area contributed by atoms with E-state index in [2.05, 4.69) is 27.5 Å². The van der Waals surface area contributed by atoms with Crippen LogP contribution in [0.15, 0.2) is 78.9 Å². The maximum atomic E-state index is 12.4. The molecular formula is C28H26N6O2. The standard InChI is InChI=1S/C28H26N6O2/c1-2-16-34-25(26(28(35)36)24(31-34)17-19-8-4-3-5-9-19)18-20-12-14-21(15-13-20)22-10-6-7-11-23(22)27-29-32-33-30-27/h3-15H,2,16-18H2,1H3,(H,35,36)(H,29,30,32,33). The maximum Gasteiger partial charge on any atom is 0.339 e. The number of benzene rings is 3. The Bertz CT molecular complexity index is 1460. The SMILES string of the molecule is CCCn1nc(Cc2ccccc2)c(C(=O)O)c1Cc1ccc(-c2ccccc2-c2nn[nH]n2)cc1. The van der Waals surface area contributed by atoms with Crippen molar-refractivity contribution in [2.75, 3.05) is 0 Å². The molecule has 0 aliphatic carbocycles. The molecule has 2 N–H and O–H groups in total. The topological polar surface area (TPSA) is 110 Å². The van der Waals surface area contributed by atoms with Crippen LogP contribution in [-0.2, 0) is 19.4 Å². The lowest BCUT2D eigenvalue weighted by Gasteiger charge is -2.10. The highest BCUT2D eigenvalue weighted by molar-refractivity contribution is 5.90. The summed E-state index contributed by atoms with van der Waals surface area (Å²) in [6.45, 7) is 2.74. The molecule has 0 fully saturated rings. The minimum atomic E-state index is -0.941. The van der Waals surface area contributed by atoms with Gasteiger partial charge in [-0.15, -0.1) is 10.2 Å². The number of hydrogen-bond acceptors (Lipinski definition) is 5. The summed E-state index contributed by atoms with van der Waals surface area (Å²) in [5.41, 5.74) is 6.59. The van der Waals surface area contributed by atoms with Gasteiger partial charge in [-0.05, 0) is 33.9 Å². The fourth-order valence-corrected chi connectivity index (χ4v) is 4.49. The monoisotopic (exact) mass is 478 g/mol. The number of rotatable bonds is 9. The number of tetrazole rings is 1. The first kappa shape index (κ1) is 23.2. The summed E-state index contributed by atoms with van der Waals surface area (Å²) in [6, 6.07) is 25.9. The zero-order chi connectivity index (χ0) is 24.9. The molecular weight excluding hydrogens is 452 g/mol. The molecule has 0 atom stereocenters. The first-order valence-electron chi connectivity index (χ1n) is 11.9. The van der Waals surface area contributed by atoms with Crippen LogP contribution in [0, 0.1) is 0 Å². The Morgan fingerprint density at radius 3 is 2.25 bits per heavy atom. The molecule has 0 bridgehead atoms. The second-order valence-corrected chi connectivity index (χ2v) is 8.61. The van der Waals surface area contributed by atoms with Crippen LogP contribution >= 0.6 is 0 Å². The quantitative estimate of drug-likeness (QED) is 0.308. The summed E-state index contributed by atoms with van der Waals surface area (Å²) in [5, 5.41) is 29.3. The van der Waals surface area contributed by atoms with E-state index in [1.165, 1.54) is 0 Å². The van der Waals surface area contributed by atoms with E-state index in [9.17, 15) is 9.90 Å². The molecule has 0 unspecified atom stereocenters. The number of H-pyrrole nitrogens is 1. The van der Waals surface area contributed by atoms with E-state index >= 15 is 0 Å². The second kappa shape index (κ2) is 10.4. The number of carboxylic acid groups (broad SMARTS) is 1. The van der Waals surface area contributed by atoms with Crippen molar-refractivity contribution >= 4 is 5.97 Å². The predicted molar refractivity (Wildman–Crippen MR) is 137 cm³/mol. The highest BCUT2D eigenvalue weighted by atomic mass is 16.4. The summed E-state index contributed by atoms with van der Waals surface area (Å²) < 4.78 is 1.86. The van der Waals surface area contributed by atoms with Crippen LogP contribution < -0.4 is 0 Å². The van der Waals surface area contributed by atoms with E-state index in [0.29, 0.717) is 36.5 Å². The number of aryl methyl sites for hydroxylation is 1. The first-order chi connectivity index (χ1) is 17.6. The van der Waals surface area contributed by atoms with Crippen LogP contribution in [0.1, 0.15) is 46.2 Å². The normalized spacial score (nSPS) is 11.0. The van der Waals surface area contributed by atoms with Crippen LogP contribution in [-0.4, -0.2) is 41.5 Å². The van der Waals surface area contributed by atoms with Gasteiger partial charge in [0.15, 0.2) is 0 Å². The molecule has 5 aromatic rings. The Morgan fingerprint density at radius 2 is 1.58 bits per heavy atom. The van der Waals surface area contributed by atoms with Gasteiger partial charge in [0.25, 0.3) is 0 Å². The van der Waals surface area contributed by atoms with Gasteiger partial charge in [0.1, 0.15) is 5.56 Å². The molecule has 0 amide bonds. The Labute approximate surface area is 208 Å². The van der Waals surface area contributed by atoms with E-state index in [-0.39, 0.29) is 0 Å². The molecule has 0 aliphatic heterocycles. The molecule has 8 nitrogen and oxygen atoms in total. The van der Waals surface area contributed by atoms with Crippen LogP contribution in [0.5, 0.6) is 0 Å². The number of carboxylic acids is 1. The number of hydrogen-bond donors (Lipinski definition) is 2. The summed E-state index contributed by atoms with van der Waals surface area (Å²) in [5.74, 6) is -0.404. The first-order valence-corrected chi connectivity index (χ1v) is 11.9. The average Bonchev–Trinajstić information content (AvgIpc) is 3.54. The maximum absolute atomic E-state index is 12.4. The van der Waals surface area contributed by atoms with Crippen molar-refractivity contribution in [3.63, 3.8) is 0 Å². The lowest BCUT2D eigenvalue weighted by atomic mass is 9.96. The van der Waals surface area contributed by atoms with Crippen molar-refractivity contribution in [2.45, 2.75) is 32.7 Å². The number of nitrogens with one attached hydrogen (secondary N) is 1. The van der Waals surface area contributed by atoms with Crippen LogP contribution in [0.3, 0.4) is 0 Å². The van der Waals surface area contributed by atoms with Gasteiger partial charge in [0.2, 0.25) is 5.82 Å². The van der Waals surface area contributed by atoms with Crippen molar-refractivity contribution in [1.82, 2.24) is 30.4 Å². The third-order valence-corrected chi connectivity index (χ3v) is 6.14. The van der Waals surface area contributed by atoms with Gasteiger partial charge in [-0.3, -0.25) is 4.68 Å². The minimum absolute atomic E-state index is 0.304. The van der Waals surface area contributed by atoms with Gasteiger partial charge in [-0.1, -0.05) is 85.8 Å². The zero-order valence-corrected chi connectivity index (χ0v) is 19.9. The predicted octanol–water partition coefficient (Wildman–Crippen LogP) is 5.02. The molecule has 3 aromatic carbocycles.